The average molecular weight is 252 g/mol. The molecule has 0 aliphatic heterocycles. The van der Waals surface area contributed by atoms with Gasteiger partial charge in [0.05, 0.1) is 24.2 Å². The van der Waals surface area contributed by atoms with Crippen molar-refractivity contribution in [3.8, 4) is 11.4 Å². The minimum Gasteiger partial charge on any atom is -0.494 e. The minimum atomic E-state index is 0.553. The third-order valence-corrected chi connectivity index (χ3v) is 2.47. The molecule has 0 atom stereocenters. The molecule has 0 aliphatic rings. The van der Waals surface area contributed by atoms with E-state index in [1.54, 1.807) is 4.68 Å². The Hall–Kier alpha value is -1.55. The molecule has 0 N–H and O–H groups in total. The number of nitrogens with zero attached hydrogens (tertiary/aromatic N) is 3. The number of halogens is 1. The quantitative estimate of drug-likeness (QED) is 0.767. The van der Waals surface area contributed by atoms with Crippen LogP contribution in [0.2, 0.25) is 0 Å². The molecule has 0 fully saturated rings. The normalized spacial score (nSPS) is 10.5. The van der Waals surface area contributed by atoms with Crippen LogP contribution < -0.4 is 4.74 Å². The third-order valence-electron chi connectivity index (χ3n) is 2.28. The smallest absolute Gasteiger partial charge is 0.121 e. The Bertz CT molecular complexity index is 484. The lowest BCUT2D eigenvalue weighted by molar-refractivity contribution is 0.340. The van der Waals surface area contributed by atoms with E-state index in [4.69, 9.17) is 16.3 Å². The summed E-state index contributed by atoms with van der Waals surface area (Å²) >= 11 is 5.66. The Labute approximate surface area is 105 Å². The van der Waals surface area contributed by atoms with E-state index in [-0.39, 0.29) is 0 Å². The summed E-state index contributed by atoms with van der Waals surface area (Å²) in [6.45, 7) is 2.61. The first-order valence-corrected chi connectivity index (χ1v) is 6.07. The van der Waals surface area contributed by atoms with Gasteiger partial charge < -0.3 is 4.74 Å². The first-order chi connectivity index (χ1) is 8.33. The molecule has 1 aromatic heterocycles. The Kier molecular flexibility index (Phi) is 3.98. The maximum absolute atomic E-state index is 5.66. The molecule has 0 aliphatic carbocycles. The van der Waals surface area contributed by atoms with E-state index in [2.05, 4.69) is 10.3 Å². The molecule has 2 aromatic rings. The summed E-state index contributed by atoms with van der Waals surface area (Å²) in [4.78, 5) is 0. The number of hydrogen-bond acceptors (Lipinski definition) is 3. The Balaban J connectivity index is 2.22. The predicted molar refractivity (Wildman–Crippen MR) is 67.0 cm³/mol. The highest BCUT2D eigenvalue weighted by molar-refractivity contribution is 6.17. The van der Waals surface area contributed by atoms with E-state index in [0.717, 1.165) is 23.6 Å². The second kappa shape index (κ2) is 5.68. The summed E-state index contributed by atoms with van der Waals surface area (Å²) in [5, 5.41) is 8.10. The van der Waals surface area contributed by atoms with E-state index in [0.29, 0.717) is 12.5 Å². The third kappa shape index (κ3) is 2.97. The second-order valence-corrected chi connectivity index (χ2v) is 3.90. The van der Waals surface area contributed by atoms with Crippen molar-refractivity contribution in [2.24, 2.45) is 0 Å². The van der Waals surface area contributed by atoms with Gasteiger partial charge in [0.15, 0.2) is 0 Å². The first kappa shape index (κ1) is 11.9. The van der Waals surface area contributed by atoms with Gasteiger partial charge in [0.2, 0.25) is 0 Å². The number of aromatic nitrogens is 3. The van der Waals surface area contributed by atoms with Crippen LogP contribution in [0, 0.1) is 0 Å². The lowest BCUT2D eigenvalue weighted by Gasteiger charge is -2.05. The Morgan fingerprint density at radius 3 is 3.06 bits per heavy atom. The van der Waals surface area contributed by atoms with Crippen LogP contribution in [0.5, 0.6) is 5.75 Å². The summed E-state index contributed by atoms with van der Waals surface area (Å²) < 4.78 is 7.17. The maximum atomic E-state index is 5.66. The SMILES string of the molecule is CCOc1cccc(-n2cc(CCCl)nn2)c1. The lowest BCUT2D eigenvalue weighted by atomic mass is 10.3. The van der Waals surface area contributed by atoms with Crippen LogP contribution in [0.3, 0.4) is 0 Å². The van der Waals surface area contributed by atoms with Crippen molar-refractivity contribution in [3.05, 3.63) is 36.2 Å². The molecule has 0 spiro atoms. The highest BCUT2D eigenvalue weighted by atomic mass is 35.5. The van der Waals surface area contributed by atoms with Gasteiger partial charge in [-0.3, -0.25) is 0 Å². The second-order valence-electron chi connectivity index (χ2n) is 3.52. The van der Waals surface area contributed by atoms with Gasteiger partial charge in [-0.15, -0.1) is 16.7 Å². The zero-order chi connectivity index (χ0) is 12.1. The summed E-state index contributed by atoms with van der Waals surface area (Å²) in [6.07, 6.45) is 2.61. The summed E-state index contributed by atoms with van der Waals surface area (Å²) in [7, 11) is 0. The number of alkyl halides is 1. The average Bonchev–Trinajstić information content (AvgIpc) is 2.79. The molecule has 1 aromatic carbocycles. The van der Waals surface area contributed by atoms with Crippen molar-refractivity contribution in [2.75, 3.05) is 12.5 Å². The molecule has 2 rings (SSSR count). The van der Waals surface area contributed by atoms with Crippen molar-refractivity contribution in [1.29, 1.82) is 0 Å². The topological polar surface area (TPSA) is 39.9 Å². The van der Waals surface area contributed by atoms with Crippen molar-refractivity contribution >= 4 is 11.6 Å². The number of aryl methyl sites for hydroxylation is 1. The largest absolute Gasteiger partial charge is 0.494 e. The van der Waals surface area contributed by atoms with Crippen LogP contribution in [0.15, 0.2) is 30.5 Å². The summed E-state index contributed by atoms with van der Waals surface area (Å²) in [6, 6.07) is 7.75. The Morgan fingerprint density at radius 2 is 2.29 bits per heavy atom. The number of hydrogen-bond donors (Lipinski definition) is 0. The van der Waals surface area contributed by atoms with E-state index in [9.17, 15) is 0 Å². The summed E-state index contributed by atoms with van der Waals surface area (Å²) in [5.41, 5.74) is 1.83. The van der Waals surface area contributed by atoms with Gasteiger partial charge in [0.25, 0.3) is 0 Å². The van der Waals surface area contributed by atoms with Gasteiger partial charge in [-0.05, 0) is 19.1 Å². The predicted octanol–water partition coefficient (Wildman–Crippen LogP) is 2.45. The minimum absolute atomic E-state index is 0.553. The van der Waals surface area contributed by atoms with Crippen LogP contribution in [-0.2, 0) is 6.42 Å². The molecular formula is C12H14ClN3O. The molecule has 0 radical (unpaired) electrons. The molecule has 0 amide bonds. The molecule has 0 saturated carbocycles. The maximum Gasteiger partial charge on any atom is 0.121 e. The van der Waals surface area contributed by atoms with Crippen LogP contribution in [-0.4, -0.2) is 27.5 Å². The molecule has 1 heterocycles. The molecular weight excluding hydrogens is 238 g/mol. The monoisotopic (exact) mass is 251 g/mol. The van der Waals surface area contributed by atoms with E-state index in [1.807, 2.05) is 37.4 Å². The van der Waals surface area contributed by atoms with E-state index >= 15 is 0 Å². The lowest BCUT2D eigenvalue weighted by Crippen LogP contribution is -1.97. The molecule has 5 heteroatoms. The van der Waals surface area contributed by atoms with E-state index in [1.165, 1.54) is 0 Å². The molecule has 17 heavy (non-hydrogen) atoms. The number of benzene rings is 1. The van der Waals surface area contributed by atoms with Gasteiger partial charge in [0, 0.05) is 18.4 Å². The molecule has 0 bridgehead atoms. The number of ether oxygens (including phenoxy) is 1. The van der Waals surface area contributed by atoms with E-state index < -0.39 is 0 Å². The van der Waals surface area contributed by atoms with Crippen molar-refractivity contribution in [3.63, 3.8) is 0 Å². The van der Waals surface area contributed by atoms with Gasteiger partial charge in [-0.2, -0.15) is 0 Å². The molecule has 0 unspecified atom stereocenters. The summed E-state index contributed by atoms with van der Waals surface area (Å²) in [5.74, 6) is 1.39. The van der Waals surface area contributed by atoms with Crippen LogP contribution >= 0.6 is 11.6 Å². The fraction of sp³-hybridized carbons (Fsp3) is 0.333. The van der Waals surface area contributed by atoms with Crippen molar-refractivity contribution < 1.29 is 4.74 Å². The van der Waals surface area contributed by atoms with Crippen LogP contribution in [0.4, 0.5) is 0 Å². The van der Waals surface area contributed by atoms with Gasteiger partial charge in [-0.1, -0.05) is 11.3 Å². The zero-order valence-electron chi connectivity index (χ0n) is 9.64. The molecule has 90 valence electrons. The van der Waals surface area contributed by atoms with Crippen LogP contribution in [0.1, 0.15) is 12.6 Å². The zero-order valence-corrected chi connectivity index (χ0v) is 10.4. The van der Waals surface area contributed by atoms with Gasteiger partial charge >= 0.3 is 0 Å². The number of rotatable bonds is 5. The highest BCUT2D eigenvalue weighted by Gasteiger charge is 2.03. The van der Waals surface area contributed by atoms with Crippen molar-refractivity contribution in [1.82, 2.24) is 15.0 Å². The highest BCUT2D eigenvalue weighted by Crippen LogP contribution is 2.16. The van der Waals surface area contributed by atoms with Gasteiger partial charge in [0.1, 0.15) is 5.75 Å². The molecule has 0 saturated heterocycles. The van der Waals surface area contributed by atoms with Crippen molar-refractivity contribution in [2.45, 2.75) is 13.3 Å². The standard InChI is InChI=1S/C12H14ClN3O/c1-2-17-12-5-3-4-11(8-12)16-9-10(6-7-13)14-15-16/h3-5,8-9H,2,6-7H2,1H3. The Morgan fingerprint density at radius 1 is 1.41 bits per heavy atom. The first-order valence-electron chi connectivity index (χ1n) is 5.54. The fourth-order valence-corrected chi connectivity index (χ4v) is 1.71. The van der Waals surface area contributed by atoms with Crippen LogP contribution in [0.25, 0.3) is 5.69 Å². The van der Waals surface area contributed by atoms with Gasteiger partial charge in [-0.25, -0.2) is 4.68 Å². The fourth-order valence-electron chi connectivity index (χ4n) is 1.52. The molecule has 4 nitrogen and oxygen atoms in total.